The van der Waals surface area contributed by atoms with Crippen LogP contribution in [0.15, 0.2) is 34.6 Å². The summed E-state index contributed by atoms with van der Waals surface area (Å²) in [5.41, 5.74) is 0.301. The van der Waals surface area contributed by atoms with Gasteiger partial charge >= 0.3 is 0 Å². The molecule has 0 bridgehead atoms. The van der Waals surface area contributed by atoms with Crippen molar-refractivity contribution in [2.24, 2.45) is 27.6 Å². The number of Topliss-reactive ketones (excluding diaryl/α,β-unsaturated/α-hetero) is 3. The molecular weight excluding hydrogens is 488 g/mol. The number of hydrogen-bond acceptors (Lipinski definition) is 5. The number of aliphatic hydroxyl groups excluding tert-OH is 1. The van der Waals surface area contributed by atoms with E-state index in [1.54, 1.807) is 13.0 Å². The van der Waals surface area contributed by atoms with Crippen molar-refractivity contribution in [3.05, 3.63) is 51.3 Å². The molecule has 0 fully saturated rings. The molecule has 0 aromatic heterocycles. The Morgan fingerprint density at radius 2 is 1.69 bits per heavy atom. The summed E-state index contributed by atoms with van der Waals surface area (Å²) < 4.78 is 0. The molecule has 2 N–H and O–H groups in total. The van der Waals surface area contributed by atoms with E-state index in [1.165, 1.54) is 0 Å². The minimum atomic E-state index is -1.40. The van der Waals surface area contributed by atoms with Crippen molar-refractivity contribution in [1.82, 2.24) is 0 Å². The first kappa shape index (κ1) is 29.3. The molecular formula is C34H46O5. The van der Waals surface area contributed by atoms with Gasteiger partial charge in [0.1, 0.15) is 11.5 Å². The number of aliphatic hydroxyl groups is 1. The number of phenols is 1. The maximum atomic E-state index is 14.2. The molecule has 0 saturated carbocycles. The van der Waals surface area contributed by atoms with Crippen LogP contribution in [-0.4, -0.2) is 27.6 Å². The van der Waals surface area contributed by atoms with Gasteiger partial charge in [-0.15, -0.1) is 0 Å². The maximum absolute atomic E-state index is 14.2. The number of fused-ring (bicyclic) bond motifs is 3. The molecule has 212 valence electrons. The molecule has 4 rings (SSSR count). The van der Waals surface area contributed by atoms with Crippen molar-refractivity contribution in [2.45, 2.75) is 107 Å². The van der Waals surface area contributed by atoms with E-state index in [4.69, 9.17) is 0 Å². The van der Waals surface area contributed by atoms with Gasteiger partial charge in [0.25, 0.3) is 0 Å². The van der Waals surface area contributed by atoms with Crippen LogP contribution in [0.2, 0.25) is 0 Å². The molecule has 39 heavy (non-hydrogen) atoms. The van der Waals surface area contributed by atoms with Gasteiger partial charge in [-0.3, -0.25) is 14.4 Å². The fourth-order valence-corrected chi connectivity index (χ4v) is 7.74. The van der Waals surface area contributed by atoms with Gasteiger partial charge in [-0.25, -0.2) is 0 Å². The van der Waals surface area contributed by atoms with E-state index in [2.05, 4.69) is 13.8 Å². The molecule has 0 unspecified atom stereocenters. The standard InChI is InChI=1S/C34H46O5/c1-19(2)11-10-12-21-13-14-23(35)26-22(21)16-32(7)18-33(8)15-20(3)25(24(36)17-31(4,5)6)29(38)34(33,9)30(39)27(32)28(26)37/h13-14,19,35,39H,10-12,15-18H2,1-9H3/t32-,33+,34-/m1/s1. The maximum Gasteiger partial charge on any atom is 0.196 e. The highest BCUT2D eigenvalue weighted by Crippen LogP contribution is 2.66. The summed E-state index contributed by atoms with van der Waals surface area (Å²) in [7, 11) is 0. The number of hydrogen-bond donors (Lipinski definition) is 2. The van der Waals surface area contributed by atoms with Crippen LogP contribution in [0.4, 0.5) is 0 Å². The van der Waals surface area contributed by atoms with E-state index in [9.17, 15) is 24.6 Å². The second kappa shape index (κ2) is 9.45. The van der Waals surface area contributed by atoms with Gasteiger partial charge in [0.05, 0.1) is 16.6 Å². The van der Waals surface area contributed by atoms with E-state index in [1.807, 2.05) is 47.6 Å². The molecule has 5 heteroatoms. The fourth-order valence-electron chi connectivity index (χ4n) is 7.74. The highest BCUT2D eigenvalue weighted by Gasteiger charge is 2.65. The third-order valence-corrected chi connectivity index (χ3v) is 9.67. The Kier molecular flexibility index (Phi) is 7.10. The molecule has 5 nitrogen and oxygen atoms in total. The molecule has 0 aliphatic heterocycles. The number of aromatic hydroxyl groups is 1. The van der Waals surface area contributed by atoms with Crippen LogP contribution < -0.4 is 0 Å². The zero-order valence-corrected chi connectivity index (χ0v) is 25.3. The number of ketones is 3. The van der Waals surface area contributed by atoms with Crippen LogP contribution >= 0.6 is 0 Å². The SMILES string of the molecule is CC1=C(C(=O)CC(C)(C)C)C(=O)[C@]2(C)C(O)=C3C(=O)c4c(O)ccc(CCCC(C)C)c4C[C@]3(C)C[C@]2(C)C1. The van der Waals surface area contributed by atoms with E-state index in [0.717, 1.165) is 36.0 Å². The van der Waals surface area contributed by atoms with Crippen LogP contribution in [0.1, 0.15) is 116 Å². The van der Waals surface area contributed by atoms with Crippen molar-refractivity contribution in [3.8, 4) is 5.75 Å². The van der Waals surface area contributed by atoms with E-state index >= 15 is 0 Å². The molecule has 3 aliphatic carbocycles. The van der Waals surface area contributed by atoms with Crippen molar-refractivity contribution >= 4 is 17.3 Å². The fraction of sp³-hybridized carbons (Fsp3) is 0.618. The monoisotopic (exact) mass is 534 g/mol. The number of phenolic OH excluding ortho intramolecular Hbond substituents is 1. The Morgan fingerprint density at radius 1 is 1.05 bits per heavy atom. The van der Waals surface area contributed by atoms with Crippen molar-refractivity contribution in [2.75, 3.05) is 0 Å². The Morgan fingerprint density at radius 3 is 2.28 bits per heavy atom. The van der Waals surface area contributed by atoms with Crippen molar-refractivity contribution in [1.29, 1.82) is 0 Å². The summed E-state index contributed by atoms with van der Waals surface area (Å²) in [5.74, 6) is -0.722. The largest absolute Gasteiger partial charge is 0.511 e. The lowest BCUT2D eigenvalue weighted by atomic mass is 9.44. The summed E-state index contributed by atoms with van der Waals surface area (Å²) in [4.78, 5) is 41.7. The molecule has 1 aromatic carbocycles. The summed E-state index contributed by atoms with van der Waals surface area (Å²) in [6, 6.07) is 3.51. The second-order valence-corrected chi connectivity index (χ2v) is 14.9. The number of aryl methyl sites for hydroxylation is 1. The van der Waals surface area contributed by atoms with Crippen LogP contribution in [0, 0.1) is 27.6 Å². The molecule has 0 saturated heterocycles. The highest BCUT2D eigenvalue weighted by molar-refractivity contribution is 6.25. The summed E-state index contributed by atoms with van der Waals surface area (Å²) in [6.07, 6.45) is 4.65. The quantitative estimate of drug-likeness (QED) is 0.366. The lowest BCUT2D eigenvalue weighted by Crippen LogP contribution is -2.57. The Hall–Kier alpha value is -2.69. The Bertz CT molecular complexity index is 1320. The molecule has 0 radical (unpaired) electrons. The molecule has 1 aromatic rings. The van der Waals surface area contributed by atoms with Crippen LogP contribution in [0.5, 0.6) is 5.75 Å². The minimum Gasteiger partial charge on any atom is -0.511 e. The summed E-state index contributed by atoms with van der Waals surface area (Å²) >= 11 is 0. The smallest absolute Gasteiger partial charge is 0.196 e. The molecule has 3 atom stereocenters. The molecule has 0 amide bonds. The minimum absolute atomic E-state index is 0.0878. The van der Waals surface area contributed by atoms with E-state index < -0.39 is 22.0 Å². The first-order valence-corrected chi connectivity index (χ1v) is 14.5. The van der Waals surface area contributed by atoms with Gasteiger partial charge in [0.2, 0.25) is 0 Å². The van der Waals surface area contributed by atoms with Gasteiger partial charge in [0, 0.05) is 17.4 Å². The number of benzene rings is 1. The first-order chi connectivity index (χ1) is 17.9. The molecule has 0 spiro atoms. The number of carbonyl (C=O) groups excluding carboxylic acids is 3. The topological polar surface area (TPSA) is 91.7 Å². The van der Waals surface area contributed by atoms with Crippen LogP contribution in [-0.2, 0) is 22.4 Å². The Balaban J connectivity index is 1.86. The normalized spacial score (nSPS) is 29.0. The molecule has 0 heterocycles. The average molecular weight is 535 g/mol. The summed E-state index contributed by atoms with van der Waals surface area (Å²) in [6.45, 7) is 17.9. The van der Waals surface area contributed by atoms with Gasteiger partial charge in [-0.05, 0) is 79.9 Å². The van der Waals surface area contributed by atoms with E-state index in [-0.39, 0.29) is 51.6 Å². The number of rotatable bonds is 6. The third-order valence-electron chi connectivity index (χ3n) is 9.67. The predicted molar refractivity (Wildman–Crippen MR) is 154 cm³/mol. The van der Waals surface area contributed by atoms with Crippen LogP contribution in [0.3, 0.4) is 0 Å². The van der Waals surface area contributed by atoms with Gasteiger partial charge in [0.15, 0.2) is 17.3 Å². The van der Waals surface area contributed by atoms with Crippen molar-refractivity contribution < 1.29 is 24.6 Å². The van der Waals surface area contributed by atoms with Gasteiger partial charge in [-0.1, -0.05) is 66.5 Å². The second-order valence-electron chi connectivity index (χ2n) is 14.9. The number of allylic oxidation sites excluding steroid dienone is 4. The average Bonchev–Trinajstić information content (AvgIpc) is 2.76. The Labute approximate surface area is 233 Å². The zero-order chi connectivity index (χ0) is 29.3. The zero-order valence-electron chi connectivity index (χ0n) is 25.3. The third kappa shape index (κ3) is 4.60. The van der Waals surface area contributed by atoms with Gasteiger partial charge in [-0.2, -0.15) is 0 Å². The lowest BCUT2D eigenvalue weighted by molar-refractivity contribution is -0.137. The van der Waals surface area contributed by atoms with E-state index in [0.29, 0.717) is 25.2 Å². The predicted octanol–water partition coefficient (Wildman–Crippen LogP) is 7.64. The summed E-state index contributed by atoms with van der Waals surface area (Å²) in [5, 5.41) is 22.8. The van der Waals surface area contributed by atoms with Crippen molar-refractivity contribution in [3.63, 3.8) is 0 Å². The van der Waals surface area contributed by atoms with Gasteiger partial charge < -0.3 is 10.2 Å². The van der Waals surface area contributed by atoms with Crippen LogP contribution in [0.25, 0.3) is 0 Å². The lowest BCUT2D eigenvalue weighted by Gasteiger charge is -2.57. The number of carbonyl (C=O) groups is 3. The molecule has 3 aliphatic rings. The first-order valence-electron chi connectivity index (χ1n) is 14.5. The highest BCUT2D eigenvalue weighted by atomic mass is 16.3.